The number of hydrogen-bond donors (Lipinski definition) is 4. The van der Waals surface area contributed by atoms with Gasteiger partial charge in [0, 0.05) is 17.3 Å². The predicted molar refractivity (Wildman–Crippen MR) is 129 cm³/mol. The first-order chi connectivity index (χ1) is 17.8. The van der Waals surface area contributed by atoms with Gasteiger partial charge in [0.2, 0.25) is 0 Å². The van der Waals surface area contributed by atoms with Crippen molar-refractivity contribution in [1.29, 1.82) is 0 Å². The van der Waals surface area contributed by atoms with Crippen molar-refractivity contribution in [3.05, 3.63) is 74.4 Å². The zero-order chi connectivity index (χ0) is 27.7. The summed E-state index contributed by atoms with van der Waals surface area (Å²) in [5, 5.41) is 28.7. The number of hydrogen-bond acceptors (Lipinski definition) is 7. The average molecular weight is 535 g/mol. The number of nitrogens with one attached hydrogen (secondary N) is 2. The molecule has 1 atom stereocenters. The fourth-order valence-corrected chi connectivity index (χ4v) is 4.21. The van der Waals surface area contributed by atoms with Gasteiger partial charge in [0.15, 0.2) is 5.82 Å². The lowest BCUT2D eigenvalue weighted by atomic mass is 10.1. The van der Waals surface area contributed by atoms with Gasteiger partial charge in [-0.1, -0.05) is 0 Å². The van der Waals surface area contributed by atoms with Crippen molar-refractivity contribution in [3.63, 3.8) is 0 Å². The first kappa shape index (κ1) is 26.7. The Kier molecular flexibility index (Phi) is 7.18. The maximum absolute atomic E-state index is 13.1. The van der Waals surface area contributed by atoms with Crippen molar-refractivity contribution in [2.24, 2.45) is 0 Å². The molecule has 1 aliphatic carbocycles. The van der Waals surface area contributed by atoms with Crippen LogP contribution < -0.4 is 26.5 Å². The standard InChI is InChI=1S/C24H24F3N5O6/c1-23(37,12-28-22(35)36)13-31-11-3-6-18(21(31)34)29-19-16-4-2-5-17(16)20(33)32(30-19)14-7-9-15(10-8-14)38-24(25,26)27/h3,6-11,28,37H,2,4-5,12-13H2,1H3,(H,29,30)(H,35,36). The Morgan fingerprint density at radius 3 is 2.45 bits per heavy atom. The van der Waals surface area contributed by atoms with E-state index in [0.29, 0.717) is 30.4 Å². The number of ether oxygens (including phenoxy) is 1. The third-order valence-electron chi connectivity index (χ3n) is 5.87. The summed E-state index contributed by atoms with van der Waals surface area (Å²) in [7, 11) is 0. The Bertz CT molecular complexity index is 1460. The zero-order valence-electron chi connectivity index (χ0n) is 20.1. The molecule has 4 rings (SSSR count). The van der Waals surface area contributed by atoms with Gasteiger partial charge in [-0.3, -0.25) is 9.59 Å². The van der Waals surface area contributed by atoms with Gasteiger partial charge in [0.1, 0.15) is 11.4 Å². The summed E-state index contributed by atoms with van der Waals surface area (Å²) in [4.78, 5) is 37.0. The Morgan fingerprint density at radius 1 is 1.11 bits per heavy atom. The highest BCUT2D eigenvalue weighted by atomic mass is 19.4. The molecule has 14 heteroatoms. The van der Waals surface area contributed by atoms with Crippen LogP contribution in [-0.4, -0.2) is 49.2 Å². The van der Waals surface area contributed by atoms with E-state index in [1.165, 1.54) is 35.9 Å². The molecule has 0 radical (unpaired) electrons. The topological polar surface area (TPSA) is 148 Å². The summed E-state index contributed by atoms with van der Waals surface area (Å²) in [6.45, 7) is 0.864. The molecule has 0 saturated heterocycles. The molecule has 11 nitrogen and oxygen atoms in total. The van der Waals surface area contributed by atoms with E-state index in [2.05, 4.69) is 20.5 Å². The Hall–Kier alpha value is -4.33. The quantitative estimate of drug-likeness (QED) is 0.344. The number of pyridine rings is 1. The van der Waals surface area contributed by atoms with E-state index in [1.54, 1.807) is 6.07 Å². The van der Waals surface area contributed by atoms with Gasteiger partial charge >= 0.3 is 12.5 Å². The summed E-state index contributed by atoms with van der Waals surface area (Å²) in [6, 6.07) is 7.72. The molecule has 0 fully saturated rings. The van der Waals surface area contributed by atoms with Crippen molar-refractivity contribution >= 4 is 17.6 Å². The molecule has 2 heterocycles. The fourth-order valence-electron chi connectivity index (χ4n) is 4.21. The smallest absolute Gasteiger partial charge is 0.465 e. The van der Waals surface area contributed by atoms with Crippen LogP contribution >= 0.6 is 0 Å². The molecule has 38 heavy (non-hydrogen) atoms. The van der Waals surface area contributed by atoms with Gasteiger partial charge < -0.3 is 30.2 Å². The molecule has 0 saturated carbocycles. The number of alkyl halides is 3. The Morgan fingerprint density at radius 2 is 1.79 bits per heavy atom. The number of carboxylic acid groups (broad SMARTS) is 1. The lowest BCUT2D eigenvalue weighted by Gasteiger charge is -2.24. The van der Waals surface area contributed by atoms with Crippen LogP contribution in [0, 0.1) is 0 Å². The summed E-state index contributed by atoms with van der Waals surface area (Å²) >= 11 is 0. The van der Waals surface area contributed by atoms with E-state index in [4.69, 9.17) is 5.11 Å². The molecule has 0 bridgehead atoms. The zero-order valence-corrected chi connectivity index (χ0v) is 20.1. The summed E-state index contributed by atoms with van der Waals surface area (Å²) in [5.41, 5.74) is -1.09. The lowest BCUT2D eigenvalue weighted by molar-refractivity contribution is -0.274. The van der Waals surface area contributed by atoms with Gasteiger partial charge in [0.25, 0.3) is 11.1 Å². The third kappa shape index (κ3) is 6.14. The number of carbonyl (C=O) groups is 1. The van der Waals surface area contributed by atoms with Gasteiger partial charge in [-0.05, 0) is 62.6 Å². The van der Waals surface area contributed by atoms with Gasteiger partial charge in [0.05, 0.1) is 24.4 Å². The number of nitrogens with zero attached hydrogens (tertiary/aromatic N) is 3. The minimum atomic E-state index is -4.86. The summed E-state index contributed by atoms with van der Waals surface area (Å²) < 4.78 is 43.6. The van der Waals surface area contributed by atoms with Crippen LogP contribution in [0.2, 0.25) is 0 Å². The van der Waals surface area contributed by atoms with Crippen LogP contribution in [0.1, 0.15) is 24.5 Å². The van der Waals surface area contributed by atoms with E-state index < -0.39 is 34.9 Å². The molecule has 1 aromatic carbocycles. The van der Waals surface area contributed by atoms with Crippen LogP contribution in [0.5, 0.6) is 5.75 Å². The van der Waals surface area contributed by atoms with Crippen LogP contribution in [0.15, 0.2) is 52.2 Å². The molecule has 4 N–H and O–H groups in total. The maximum atomic E-state index is 13.1. The molecule has 2 aromatic heterocycles. The van der Waals surface area contributed by atoms with Crippen molar-refractivity contribution in [2.45, 2.75) is 44.7 Å². The lowest BCUT2D eigenvalue weighted by Crippen LogP contribution is -2.45. The van der Waals surface area contributed by atoms with Crippen LogP contribution in [0.25, 0.3) is 5.69 Å². The number of aliphatic hydroxyl groups is 1. The normalized spacial score (nSPS) is 14.4. The monoisotopic (exact) mass is 535 g/mol. The average Bonchev–Trinajstić information content (AvgIpc) is 3.33. The predicted octanol–water partition coefficient (Wildman–Crippen LogP) is 2.54. The fraction of sp³-hybridized carbons (Fsp3) is 0.333. The highest BCUT2D eigenvalue weighted by Gasteiger charge is 2.31. The molecule has 202 valence electrons. The minimum absolute atomic E-state index is 0.0928. The first-order valence-corrected chi connectivity index (χ1v) is 11.5. The van der Waals surface area contributed by atoms with Crippen molar-refractivity contribution < 1.29 is 32.9 Å². The molecule has 1 amide bonds. The second-order valence-electron chi connectivity index (χ2n) is 9.05. The molecular formula is C24H24F3N5O6. The molecule has 0 aliphatic heterocycles. The summed E-state index contributed by atoms with van der Waals surface area (Å²) in [6.07, 6.45) is -3.04. The molecule has 1 aliphatic rings. The van der Waals surface area contributed by atoms with E-state index >= 15 is 0 Å². The van der Waals surface area contributed by atoms with E-state index in [9.17, 15) is 32.7 Å². The van der Waals surface area contributed by atoms with E-state index in [1.807, 2.05) is 0 Å². The molecule has 0 spiro atoms. The number of amides is 1. The highest BCUT2D eigenvalue weighted by Crippen LogP contribution is 2.28. The van der Waals surface area contributed by atoms with Crippen molar-refractivity contribution in [1.82, 2.24) is 19.7 Å². The second-order valence-corrected chi connectivity index (χ2v) is 9.05. The van der Waals surface area contributed by atoms with Crippen LogP contribution in [0.3, 0.4) is 0 Å². The van der Waals surface area contributed by atoms with Crippen LogP contribution in [0.4, 0.5) is 29.5 Å². The number of benzene rings is 1. The highest BCUT2D eigenvalue weighted by molar-refractivity contribution is 5.64. The maximum Gasteiger partial charge on any atom is 0.573 e. The third-order valence-corrected chi connectivity index (χ3v) is 5.87. The largest absolute Gasteiger partial charge is 0.573 e. The SMILES string of the molecule is CC(O)(CNC(=O)O)Cn1cccc(Nc2nn(-c3ccc(OC(F)(F)F)cc3)c(=O)c3c2CCC3)c1=O. The molecule has 3 aromatic rings. The number of aromatic nitrogens is 3. The van der Waals surface area contributed by atoms with Crippen molar-refractivity contribution in [3.8, 4) is 11.4 Å². The first-order valence-electron chi connectivity index (χ1n) is 11.5. The second kappa shape index (κ2) is 10.2. The van der Waals surface area contributed by atoms with Crippen molar-refractivity contribution in [2.75, 3.05) is 11.9 Å². The molecular weight excluding hydrogens is 511 g/mol. The molecule has 1 unspecified atom stereocenters. The van der Waals surface area contributed by atoms with E-state index in [-0.39, 0.29) is 30.3 Å². The number of halogens is 3. The van der Waals surface area contributed by atoms with Crippen LogP contribution in [-0.2, 0) is 19.4 Å². The number of fused-ring (bicyclic) bond motifs is 1. The number of anilines is 2. The summed E-state index contributed by atoms with van der Waals surface area (Å²) in [5.74, 6) is -0.213. The number of rotatable bonds is 8. The minimum Gasteiger partial charge on any atom is -0.465 e. The van der Waals surface area contributed by atoms with Gasteiger partial charge in [-0.15, -0.1) is 18.3 Å². The Labute approximate surface area is 213 Å². The Balaban J connectivity index is 1.66. The van der Waals surface area contributed by atoms with Gasteiger partial charge in [-0.2, -0.15) is 4.68 Å². The van der Waals surface area contributed by atoms with Gasteiger partial charge in [-0.25, -0.2) is 4.79 Å². The van der Waals surface area contributed by atoms with E-state index in [0.717, 1.165) is 16.8 Å².